The van der Waals surface area contributed by atoms with Crippen molar-refractivity contribution in [2.75, 3.05) is 13.2 Å². The molecule has 3 saturated heterocycles. The van der Waals surface area contributed by atoms with Gasteiger partial charge < -0.3 is 28.4 Å². The van der Waals surface area contributed by atoms with Gasteiger partial charge >= 0.3 is 17.9 Å². The molecular weight excluding hydrogens is 829 g/mol. The normalized spacial score (nSPS) is 21.5. The fourth-order valence-electron chi connectivity index (χ4n) is 8.82. The van der Waals surface area contributed by atoms with Crippen LogP contribution in [0.5, 0.6) is 0 Å². The van der Waals surface area contributed by atoms with E-state index in [1.54, 1.807) is 0 Å². The smallest absolute Gasteiger partial charge is 0.306 e. The van der Waals surface area contributed by atoms with E-state index in [2.05, 4.69) is 57.2 Å². The maximum absolute atomic E-state index is 12.9. The maximum Gasteiger partial charge on any atom is 0.306 e. The van der Waals surface area contributed by atoms with E-state index in [-0.39, 0.29) is 31.1 Å². The molecule has 9 heteroatoms. The zero-order valence-corrected chi connectivity index (χ0v) is 42.5. The van der Waals surface area contributed by atoms with Gasteiger partial charge in [-0.05, 0) is 96.3 Å². The van der Waals surface area contributed by atoms with Crippen LogP contribution in [-0.4, -0.2) is 73.8 Å². The molecule has 0 aliphatic carbocycles. The molecule has 0 radical (unpaired) electrons. The van der Waals surface area contributed by atoms with Crippen molar-refractivity contribution >= 4 is 17.9 Å². The number of allylic oxidation sites excluding steroid dienone is 3. The van der Waals surface area contributed by atoms with Crippen molar-refractivity contribution in [1.29, 1.82) is 0 Å². The fraction of sp³-hybridized carbons (Fsp3) is 0.842. The molecule has 0 bridgehead atoms. The molecule has 3 aliphatic heterocycles. The van der Waals surface area contributed by atoms with E-state index in [9.17, 15) is 14.4 Å². The summed E-state index contributed by atoms with van der Waals surface area (Å²) in [5, 5.41) is 0. The van der Waals surface area contributed by atoms with Crippen molar-refractivity contribution in [3.63, 3.8) is 0 Å². The van der Waals surface area contributed by atoms with E-state index in [1.165, 1.54) is 77.0 Å². The lowest BCUT2D eigenvalue weighted by Gasteiger charge is -2.18. The van der Waals surface area contributed by atoms with Crippen LogP contribution in [0.2, 0.25) is 0 Å². The van der Waals surface area contributed by atoms with Gasteiger partial charge in [0, 0.05) is 19.3 Å². The second kappa shape index (κ2) is 39.4. The first kappa shape index (κ1) is 57.8. The lowest BCUT2D eigenvalue weighted by Crippen LogP contribution is -2.30. The Bertz CT molecular complexity index is 1240. The van der Waals surface area contributed by atoms with Crippen LogP contribution in [0.3, 0.4) is 0 Å². The molecule has 0 aromatic heterocycles. The summed E-state index contributed by atoms with van der Waals surface area (Å²) in [5.41, 5.74) is 0. The van der Waals surface area contributed by atoms with E-state index in [0.717, 1.165) is 135 Å². The Labute approximate surface area is 403 Å². The summed E-state index contributed by atoms with van der Waals surface area (Å²) in [6.45, 7) is 6.51. The highest BCUT2D eigenvalue weighted by Gasteiger charge is 2.37. The van der Waals surface area contributed by atoms with Crippen molar-refractivity contribution in [2.45, 2.75) is 295 Å². The number of rotatable bonds is 47. The van der Waals surface area contributed by atoms with E-state index < -0.39 is 6.10 Å². The van der Waals surface area contributed by atoms with Gasteiger partial charge in [0.1, 0.15) is 13.2 Å². The molecule has 3 fully saturated rings. The summed E-state index contributed by atoms with van der Waals surface area (Å²) < 4.78 is 34.2. The Hall–Kier alpha value is -2.49. The molecule has 0 N–H and O–H groups in total. The van der Waals surface area contributed by atoms with Gasteiger partial charge in [-0.3, -0.25) is 14.4 Å². The molecule has 0 aromatic rings. The number of unbranched alkanes of at least 4 members (excludes halogenated alkanes) is 21. The van der Waals surface area contributed by atoms with Gasteiger partial charge in [-0.15, -0.1) is 0 Å². The largest absolute Gasteiger partial charge is 0.462 e. The van der Waals surface area contributed by atoms with Crippen molar-refractivity contribution < 1.29 is 42.8 Å². The molecular formula is C57H98O9. The Morgan fingerprint density at radius 1 is 0.379 bits per heavy atom. The summed E-state index contributed by atoms with van der Waals surface area (Å²) in [4.78, 5) is 38.2. The Morgan fingerprint density at radius 2 is 0.697 bits per heavy atom. The van der Waals surface area contributed by atoms with E-state index in [1.807, 2.05) is 0 Å². The number of ether oxygens (including phenoxy) is 6. The molecule has 3 rings (SSSR count). The molecule has 0 amide bonds. The summed E-state index contributed by atoms with van der Waals surface area (Å²) in [5.74, 6) is -0.946. The quantitative estimate of drug-likeness (QED) is 0.0193. The molecule has 3 heterocycles. The fourth-order valence-corrected chi connectivity index (χ4v) is 8.82. The second-order valence-corrected chi connectivity index (χ2v) is 19.6. The van der Waals surface area contributed by atoms with Gasteiger partial charge in [-0.2, -0.15) is 0 Å². The third-order valence-corrected chi connectivity index (χ3v) is 13.4. The van der Waals surface area contributed by atoms with Crippen LogP contribution in [-0.2, 0) is 42.8 Å². The Balaban J connectivity index is 1.22. The van der Waals surface area contributed by atoms with Gasteiger partial charge in [-0.1, -0.05) is 173 Å². The first-order chi connectivity index (χ1) is 32.4. The van der Waals surface area contributed by atoms with Gasteiger partial charge in [0.25, 0.3) is 0 Å². The van der Waals surface area contributed by atoms with Crippen molar-refractivity contribution in [3.8, 4) is 0 Å². The molecule has 3 aliphatic rings. The first-order valence-electron chi connectivity index (χ1n) is 27.8. The number of hydrogen-bond donors (Lipinski definition) is 0. The van der Waals surface area contributed by atoms with Crippen LogP contribution in [0.25, 0.3) is 0 Å². The molecule has 1 unspecified atom stereocenters. The van der Waals surface area contributed by atoms with E-state index in [0.29, 0.717) is 55.9 Å². The summed E-state index contributed by atoms with van der Waals surface area (Å²) >= 11 is 0. The topological polar surface area (TPSA) is 116 Å². The monoisotopic (exact) mass is 927 g/mol. The zero-order valence-electron chi connectivity index (χ0n) is 42.5. The molecule has 7 atom stereocenters. The molecule has 380 valence electrons. The van der Waals surface area contributed by atoms with Crippen molar-refractivity contribution in [3.05, 3.63) is 36.5 Å². The minimum Gasteiger partial charge on any atom is -0.462 e. The van der Waals surface area contributed by atoms with Crippen LogP contribution < -0.4 is 0 Å². The second-order valence-electron chi connectivity index (χ2n) is 19.6. The van der Waals surface area contributed by atoms with Crippen molar-refractivity contribution in [1.82, 2.24) is 0 Å². The predicted molar refractivity (Wildman–Crippen MR) is 268 cm³/mol. The number of epoxide rings is 3. The minimum absolute atomic E-state index is 0.100. The summed E-state index contributed by atoms with van der Waals surface area (Å²) in [6.07, 6.45) is 53.4. The molecule has 9 nitrogen and oxygen atoms in total. The third-order valence-electron chi connectivity index (χ3n) is 13.4. The lowest BCUT2D eigenvalue weighted by molar-refractivity contribution is -0.167. The Morgan fingerprint density at radius 3 is 1.05 bits per heavy atom. The van der Waals surface area contributed by atoms with Crippen LogP contribution in [0.4, 0.5) is 0 Å². The van der Waals surface area contributed by atoms with Gasteiger partial charge in [0.2, 0.25) is 0 Å². The predicted octanol–water partition coefficient (Wildman–Crippen LogP) is 15.1. The molecule has 0 aromatic carbocycles. The van der Waals surface area contributed by atoms with E-state index >= 15 is 0 Å². The third kappa shape index (κ3) is 32.3. The maximum atomic E-state index is 12.9. The lowest BCUT2D eigenvalue weighted by atomic mass is 10.1. The van der Waals surface area contributed by atoms with Crippen molar-refractivity contribution in [2.24, 2.45) is 0 Å². The van der Waals surface area contributed by atoms with Crippen LogP contribution >= 0.6 is 0 Å². The summed E-state index contributed by atoms with van der Waals surface area (Å²) in [7, 11) is 0. The van der Waals surface area contributed by atoms with Crippen LogP contribution in [0, 0.1) is 0 Å². The minimum atomic E-state index is -0.803. The number of hydrogen-bond acceptors (Lipinski definition) is 9. The SMILES string of the molecule is CCCCC[C@@H]1O[C@@H]1C/C=C\CCCCCCCC(=O)OC(COC(=O)CCCCCCC/C=C/C[C@@H]1O[C@@H]1CCCCC)COC(=O)CCCCCCC/C=C/C[C@H]1O[C@H]1CCCCC. The summed E-state index contributed by atoms with van der Waals surface area (Å²) in [6, 6.07) is 0. The molecule has 66 heavy (non-hydrogen) atoms. The van der Waals surface area contributed by atoms with E-state index in [4.69, 9.17) is 28.4 Å². The zero-order chi connectivity index (χ0) is 47.1. The first-order valence-corrected chi connectivity index (χ1v) is 27.8. The number of esters is 3. The number of carbonyl (C=O) groups excluding carboxylic acids is 3. The molecule has 0 spiro atoms. The van der Waals surface area contributed by atoms with Gasteiger partial charge in [0.15, 0.2) is 6.10 Å². The number of carbonyl (C=O) groups is 3. The van der Waals surface area contributed by atoms with Crippen LogP contribution in [0.15, 0.2) is 36.5 Å². The molecule has 0 saturated carbocycles. The standard InChI is InChI=1S/C57H98O9/c1-4-7-28-37-49-52(64-49)40-31-22-16-10-13-19-25-34-43-55(58)61-46-48(63-57(60)45-36-27-21-15-12-18-24-33-42-54-51(66-54)39-30-9-6-3)47-62-56(59)44-35-26-20-14-11-17-23-32-41-53-50(65-53)38-29-8-5-2/h22-24,31-33,48-54H,4-21,25-30,34-47H2,1-3H3/b31-22+,32-23+,33-24-/t48?,49-,50+,51-,52+,53-,54+/m0/s1. The van der Waals surface area contributed by atoms with Crippen LogP contribution in [0.1, 0.15) is 252 Å². The Kier molecular flexibility index (Phi) is 34.5. The highest BCUT2D eigenvalue weighted by Crippen LogP contribution is 2.32. The van der Waals surface area contributed by atoms with Gasteiger partial charge in [0.05, 0.1) is 36.6 Å². The van der Waals surface area contributed by atoms with Gasteiger partial charge in [-0.25, -0.2) is 0 Å². The highest BCUT2D eigenvalue weighted by atomic mass is 16.6. The highest BCUT2D eigenvalue weighted by molar-refractivity contribution is 5.71. The average molecular weight is 927 g/mol. The average Bonchev–Trinajstić information content (AvgIpc) is 4.26.